The first-order chi connectivity index (χ1) is 6.27. The fraction of sp³-hybridized carbons (Fsp3) is 0. The lowest BCUT2D eigenvalue weighted by molar-refractivity contribution is 0.0691. The molecule has 2 N–H and O–H groups in total. The summed E-state index contributed by atoms with van der Waals surface area (Å²) in [6, 6.07) is 3.23. The largest absolute Gasteiger partial charge is 0.477 e. The number of rotatable bonds is 2. The minimum absolute atomic E-state index is 0.183. The van der Waals surface area contributed by atoms with Crippen LogP contribution < -0.4 is 0 Å². The average Bonchev–Trinajstić information content (AvgIpc) is 2.75. The van der Waals surface area contributed by atoms with E-state index in [4.69, 9.17) is 5.11 Å². The van der Waals surface area contributed by atoms with Gasteiger partial charge in [0.05, 0.1) is 16.9 Å². The zero-order valence-electron chi connectivity index (χ0n) is 6.52. The first-order valence-electron chi connectivity index (χ1n) is 3.58. The molecule has 0 saturated heterocycles. The normalized spacial score (nSPS) is 10.2. The maximum atomic E-state index is 10.5. The summed E-state index contributed by atoms with van der Waals surface area (Å²) in [7, 11) is 0. The molecule has 66 valence electrons. The maximum Gasteiger partial charge on any atom is 0.352 e. The lowest BCUT2D eigenvalue weighted by atomic mass is 10.3. The third-order valence-corrected chi connectivity index (χ3v) is 2.21. The number of aromatic amines is 1. The van der Waals surface area contributed by atoms with Gasteiger partial charge in [-0.3, -0.25) is 0 Å². The Bertz CT molecular complexity index is 419. The van der Waals surface area contributed by atoms with Crippen molar-refractivity contribution in [1.82, 2.24) is 9.97 Å². The third kappa shape index (κ3) is 1.46. The predicted molar refractivity (Wildman–Crippen MR) is 48.9 cm³/mol. The number of thiazole rings is 1. The van der Waals surface area contributed by atoms with E-state index < -0.39 is 5.97 Å². The highest BCUT2D eigenvalue weighted by molar-refractivity contribution is 7.07. The Morgan fingerprint density at radius 2 is 2.38 bits per heavy atom. The van der Waals surface area contributed by atoms with Crippen molar-refractivity contribution in [3.05, 3.63) is 28.7 Å². The molecule has 2 aromatic heterocycles. The molecule has 0 amide bonds. The number of carboxylic acid groups (broad SMARTS) is 1. The summed E-state index contributed by atoms with van der Waals surface area (Å²) >= 11 is 1.47. The van der Waals surface area contributed by atoms with Gasteiger partial charge in [-0.15, -0.1) is 11.3 Å². The van der Waals surface area contributed by atoms with Crippen molar-refractivity contribution in [3.63, 3.8) is 0 Å². The Morgan fingerprint density at radius 1 is 1.54 bits per heavy atom. The van der Waals surface area contributed by atoms with E-state index in [-0.39, 0.29) is 5.69 Å². The Morgan fingerprint density at radius 3 is 2.92 bits per heavy atom. The summed E-state index contributed by atoms with van der Waals surface area (Å²) in [4.78, 5) is 17.3. The van der Waals surface area contributed by atoms with Gasteiger partial charge in [-0.05, 0) is 12.1 Å². The molecule has 4 nitrogen and oxygen atoms in total. The Balaban J connectivity index is 2.39. The van der Waals surface area contributed by atoms with Crippen molar-refractivity contribution in [2.45, 2.75) is 0 Å². The molecule has 0 fully saturated rings. The summed E-state index contributed by atoms with van der Waals surface area (Å²) in [6.45, 7) is 0. The summed E-state index contributed by atoms with van der Waals surface area (Å²) in [6.07, 6.45) is 0. The van der Waals surface area contributed by atoms with Crippen LogP contribution in [0, 0.1) is 0 Å². The topological polar surface area (TPSA) is 66.0 Å². The number of hydrogen-bond donors (Lipinski definition) is 2. The van der Waals surface area contributed by atoms with Gasteiger partial charge in [0, 0.05) is 5.38 Å². The summed E-state index contributed by atoms with van der Waals surface area (Å²) in [5, 5.41) is 10.5. The van der Waals surface area contributed by atoms with Crippen molar-refractivity contribution >= 4 is 17.3 Å². The standard InChI is InChI=1S/C8H6N2O2S/c11-8(12)6-2-1-5(10-6)7-3-13-4-9-7/h1-4,10H,(H,11,12). The van der Waals surface area contributed by atoms with Crippen molar-refractivity contribution < 1.29 is 9.90 Å². The van der Waals surface area contributed by atoms with E-state index in [2.05, 4.69) is 9.97 Å². The van der Waals surface area contributed by atoms with E-state index in [1.807, 2.05) is 5.38 Å². The molecule has 0 saturated carbocycles. The van der Waals surface area contributed by atoms with Crippen molar-refractivity contribution in [2.75, 3.05) is 0 Å². The average molecular weight is 194 g/mol. The van der Waals surface area contributed by atoms with Gasteiger partial charge >= 0.3 is 5.97 Å². The highest BCUT2D eigenvalue weighted by Crippen LogP contribution is 2.17. The SMILES string of the molecule is O=C(O)c1ccc(-c2cscn2)[nH]1. The lowest BCUT2D eigenvalue weighted by Crippen LogP contribution is -1.95. The molecular formula is C8H6N2O2S. The van der Waals surface area contributed by atoms with Crippen LogP contribution in [0.1, 0.15) is 10.5 Å². The van der Waals surface area contributed by atoms with E-state index in [0.717, 1.165) is 11.4 Å². The molecule has 13 heavy (non-hydrogen) atoms. The van der Waals surface area contributed by atoms with Crippen LogP contribution in [0.15, 0.2) is 23.0 Å². The number of nitrogens with one attached hydrogen (secondary N) is 1. The van der Waals surface area contributed by atoms with Crippen molar-refractivity contribution in [3.8, 4) is 11.4 Å². The van der Waals surface area contributed by atoms with E-state index in [1.54, 1.807) is 11.6 Å². The Labute approximate surface area is 77.9 Å². The number of H-pyrrole nitrogens is 1. The monoisotopic (exact) mass is 194 g/mol. The molecule has 0 radical (unpaired) electrons. The highest BCUT2D eigenvalue weighted by Gasteiger charge is 2.07. The molecule has 2 rings (SSSR count). The third-order valence-electron chi connectivity index (χ3n) is 1.62. The summed E-state index contributed by atoms with van der Waals surface area (Å²) in [5.74, 6) is -0.957. The summed E-state index contributed by atoms with van der Waals surface area (Å²) < 4.78 is 0. The highest BCUT2D eigenvalue weighted by atomic mass is 32.1. The van der Waals surface area contributed by atoms with Crippen molar-refractivity contribution in [2.24, 2.45) is 0 Å². The number of carboxylic acids is 1. The molecular weight excluding hydrogens is 188 g/mol. The van der Waals surface area contributed by atoms with Crippen LogP contribution in [0.5, 0.6) is 0 Å². The lowest BCUT2D eigenvalue weighted by Gasteiger charge is -1.89. The van der Waals surface area contributed by atoms with Gasteiger partial charge in [-0.25, -0.2) is 9.78 Å². The zero-order valence-corrected chi connectivity index (χ0v) is 7.34. The molecule has 0 unspecified atom stereocenters. The first-order valence-corrected chi connectivity index (χ1v) is 4.52. The minimum atomic E-state index is -0.957. The Hall–Kier alpha value is -1.62. The second-order valence-electron chi connectivity index (χ2n) is 2.46. The molecule has 0 atom stereocenters. The molecule has 2 aromatic rings. The van der Waals surface area contributed by atoms with Crippen LogP contribution in [0.4, 0.5) is 0 Å². The molecule has 0 spiro atoms. The second kappa shape index (κ2) is 3.02. The molecule has 0 aromatic carbocycles. The van der Waals surface area contributed by atoms with Crippen LogP contribution in [-0.2, 0) is 0 Å². The minimum Gasteiger partial charge on any atom is -0.477 e. The molecule has 0 aliphatic rings. The van der Waals surface area contributed by atoms with Gasteiger partial charge in [0.15, 0.2) is 0 Å². The molecule has 5 heteroatoms. The number of nitrogens with zero attached hydrogens (tertiary/aromatic N) is 1. The van der Waals surface area contributed by atoms with Gasteiger partial charge in [0.2, 0.25) is 0 Å². The van der Waals surface area contributed by atoms with Crippen LogP contribution >= 0.6 is 11.3 Å². The quantitative estimate of drug-likeness (QED) is 0.766. The fourth-order valence-electron chi connectivity index (χ4n) is 1.01. The van der Waals surface area contributed by atoms with Crippen LogP contribution in [0.25, 0.3) is 11.4 Å². The van der Waals surface area contributed by atoms with E-state index in [1.165, 1.54) is 17.4 Å². The van der Waals surface area contributed by atoms with E-state index in [0.29, 0.717) is 0 Å². The smallest absolute Gasteiger partial charge is 0.352 e. The molecule has 0 aliphatic heterocycles. The van der Waals surface area contributed by atoms with Gasteiger partial charge in [-0.2, -0.15) is 0 Å². The second-order valence-corrected chi connectivity index (χ2v) is 3.18. The van der Waals surface area contributed by atoms with E-state index in [9.17, 15) is 4.79 Å². The molecule has 2 heterocycles. The maximum absolute atomic E-state index is 10.5. The van der Waals surface area contributed by atoms with Crippen LogP contribution in [0.3, 0.4) is 0 Å². The van der Waals surface area contributed by atoms with Crippen LogP contribution in [-0.4, -0.2) is 21.0 Å². The first kappa shape index (κ1) is 8.00. The fourth-order valence-corrected chi connectivity index (χ4v) is 1.57. The number of aromatic carboxylic acids is 1. The van der Waals surface area contributed by atoms with Gasteiger partial charge in [0.1, 0.15) is 5.69 Å². The summed E-state index contributed by atoms with van der Waals surface area (Å²) in [5.41, 5.74) is 3.40. The van der Waals surface area contributed by atoms with Gasteiger partial charge in [-0.1, -0.05) is 0 Å². The predicted octanol–water partition coefficient (Wildman–Crippen LogP) is 1.84. The molecule has 0 aliphatic carbocycles. The Kier molecular flexibility index (Phi) is 1.86. The zero-order chi connectivity index (χ0) is 9.26. The van der Waals surface area contributed by atoms with Crippen LogP contribution in [0.2, 0.25) is 0 Å². The van der Waals surface area contributed by atoms with Gasteiger partial charge in [0.25, 0.3) is 0 Å². The van der Waals surface area contributed by atoms with Gasteiger partial charge < -0.3 is 10.1 Å². The number of carbonyl (C=O) groups is 1. The number of hydrogen-bond acceptors (Lipinski definition) is 3. The molecule has 0 bridgehead atoms. The number of aromatic nitrogens is 2. The van der Waals surface area contributed by atoms with E-state index >= 15 is 0 Å². The van der Waals surface area contributed by atoms with Crippen molar-refractivity contribution in [1.29, 1.82) is 0 Å².